The highest BCUT2D eigenvalue weighted by Gasteiger charge is 2.11. The Morgan fingerprint density at radius 3 is 2.67 bits per heavy atom. The van der Waals surface area contributed by atoms with E-state index in [1.165, 1.54) is 22.9 Å². The first kappa shape index (κ1) is 19.9. The Bertz CT molecular complexity index is 1130. The van der Waals surface area contributed by atoms with Gasteiger partial charge in [-0.3, -0.25) is 14.0 Å². The van der Waals surface area contributed by atoms with Gasteiger partial charge in [-0.15, -0.1) is 10.2 Å². The first-order valence-corrected chi connectivity index (χ1v) is 10.5. The Kier molecular flexibility index (Phi) is 5.94. The molecule has 0 bridgehead atoms. The second kappa shape index (κ2) is 8.96. The van der Waals surface area contributed by atoms with Crippen molar-refractivity contribution in [2.75, 3.05) is 11.1 Å². The van der Waals surface area contributed by atoms with Gasteiger partial charge in [0, 0.05) is 23.8 Å². The van der Waals surface area contributed by atoms with Crippen molar-refractivity contribution in [3.63, 3.8) is 0 Å². The van der Waals surface area contributed by atoms with Crippen molar-refractivity contribution in [3.05, 3.63) is 83.9 Å². The van der Waals surface area contributed by atoms with Gasteiger partial charge in [0.15, 0.2) is 5.16 Å². The molecule has 2 aromatic carbocycles. The summed E-state index contributed by atoms with van der Waals surface area (Å²) in [6.07, 6.45) is 5.35. The first-order chi connectivity index (χ1) is 14.6. The number of nitrogens with zero attached hydrogens (tertiary/aromatic N) is 5. The first-order valence-electron chi connectivity index (χ1n) is 9.55. The maximum atomic E-state index is 12.4. The third kappa shape index (κ3) is 4.77. The van der Waals surface area contributed by atoms with Crippen molar-refractivity contribution in [2.24, 2.45) is 0 Å². The molecule has 0 atom stereocenters. The number of carbonyl (C=O) groups is 1. The number of aryl methyl sites for hydroxylation is 2. The Labute approximate surface area is 179 Å². The SMILES string of the molecule is Cc1ccc(-n2cnnc2SCC(=O)Nc2ccc(Cn3cccn3)cc2)cc1C. The van der Waals surface area contributed by atoms with Crippen molar-refractivity contribution < 1.29 is 4.79 Å². The molecular weight excluding hydrogens is 396 g/mol. The zero-order valence-corrected chi connectivity index (χ0v) is 17.6. The van der Waals surface area contributed by atoms with E-state index in [1.54, 1.807) is 12.5 Å². The van der Waals surface area contributed by atoms with E-state index in [2.05, 4.69) is 46.6 Å². The predicted octanol–water partition coefficient (Wildman–Crippen LogP) is 3.86. The third-order valence-electron chi connectivity index (χ3n) is 4.76. The average Bonchev–Trinajstić information content (AvgIpc) is 3.42. The van der Waals surface area contributed by atoms with Crippen LogP contribution >= 0.6 is 11.8 Å². The Balaban J connectivity index is 1.34. The number of anilines is 1. The lowest BCUT2D eigenvalue weighted by Crippen LogP contribution is -2.14. The lowest BCUT2D eigenvalue weighted by molar-refractivity contribution is -0.113. The van der Waals surface area contributed by atoms with Crippen LogP contribution in [0.15, 0.2) is 72.4 Å². The zero-order chi connectivity index (χ0) is 20.9. The molecule has 2 heterocycles. The molecule has 7 nitrogen and oxygen atoms in total. The van der Waals surface area contributed by atoms with Crippen LogP contribution in [-0.2, 0) is 11.3 Å². The molecule has 1 N–H and O–H groups in total. The monoisotopic (exact) mass is 418 g/mol. The maximum absolute atomic E-state index is 12.4. The third-order valence-corrected chi connectivity index (χ3v) is 5.70. The van der Waals surface area contributed by atoms with Crippen LogP contribution in [0.5, 0.6) is 0 Å². The highest BCUT2D eigenvalue weighted by Crippen LogP contribution is 2.21. The van der Waals surface area contributed by atoms with Crippen molar-refractivity contribution in [3.8, 4) is 5.69 Å². The molecule has 0 radical (unpaired) electrons. The smallest absolute Gasteiger partial charge is 0.234 e. The van der Waals surface area contributed by atoms with Crippen LogP contribution in [0.25, 0.3) is 5.69 Å². The molecule has 0 aliphatic heterocycles. The Morgan fingerprint density at radius 1 is 1.10 bits per heavy atom. The number of amides is 1. The number of nitrogens with one attached hydrogen (secondary N) is 1. The molecule has 8 heteroatoms. The summed E-state index contributed by atoms with van der Waals surface area (Å²) in [5.41, 5.74) is 5.30. The maximum Gasteiger partial charge on any atom is 0.234 e. The van der Waals surface area contributed by atoms with Gasteiger partial charge in [0.1, 0.15) is 6.33 Å². The molecule has 152 valence electrons. The lowest BCUT2D eigenvalue weighted by atomic mass is 10.1. The minimum absolute atomic E-state index is 0.0885. The number of benzene rings is 2. The molecule has 0 unspecified atom stereocenters. The molecule has 0 aliphatic carbocycles. The van der Waals surface area contributed by atoms with E-state index in [4.69, 9.17) is 0 Å². The normalized spacial score (nSPS) is 10.9. The van der Waals surface area contributed by atoms with E-state index < -0.39 is 0 Å². The van der Waals surface area contributed by atoms with Gasteiger partial charge in [-0.1, -0.05) is 30.0 Å². The Morgan fingerprint density at radius 2 is 1.93 bits per heavy atom. The van der Waals surface area contributed by atoms with Crippen molar-refractivity contribution in [1.29, 1.82) is 0 Å². The van der Waals surface area contributed by atoms with E-state index in [1.807, 2.05) is 51.8 Å². The summed E-state index contributed by atoms with van der Waals surface area (Å²) in [7, 11) is 0. The van der Waals surface area contributed by atoms with Gasteiger partial charge in [0.2, 0.25) is 5.91 Å². The second-order valence-electron chi connectivity index (χ2n) is 6.99. The highest BCUT2D eigenvalue weighted by atomic mass is 32.2. The molecule has 0 aliphatic rings. The van der Waals surface area contributed by atoms with E-state index in [0.29, 0.717) is 11.7 Å². The van der Waals surface area contributed by atoms with Crippen molar-refractivity contribution in [2.45, 2.75) is 25.5 Å². The quantitative estimate of drug-likeness (QED) is 0.461. The molecule has 0 saturated heterocycles. The molecule has 0 spiro atoms. The summed E-state index contributed by atoms with van der Waals surface area (Å²) >= 11 is 1.36. The summed E-state index contributed by atoms with van der Waals surface area (Å²) in [5, 5.41) is 16.0. The van der Waals surface area contributed by atoms with Gasteiger partial charge in [-0.25, -0.2) is 0 Å². The van der Waals surface area contributed by atoms with Crippen LogP contribution in [0.2, 0.25) is 0 Å². The van der Waals surface area contributed by atoms with E-state index in [-0.39, 0.29) is 11.7 Å². The molecular formula is C22H22N6OS. The summed E-state index contributed by atoms with van der Waals surface area (Å²) in [4.78, 5) is 12.4. The van der Waals surface area contributed by atoms with Gasteiger partial charge in [0.05, 0.1) is 12.3 Å². The van der Waals surface area contributed by atoms with Crippen molar-refractivity contribution in [1.82, 2.24) is 24.5 Å². The van der Waals surface area contributed by atoms with Gasteiger partial charge < -0.3 is 5.32 Å². The minimum Gasteiger partial charge on any atom is -0.325 e. The van der Waals surface area contributed by atoms with E-state index in [0.717, 1.165) is 16.9 Å². The van der Waals surface area contributed by atoms with Crippen LogP contribution in [0, 0.1) is 13.8 Å². The fourth-order valence-corrected chi connectivity index (χ4v) is 3.71. The highest BCUT2D eigenvalue weighted by molar-refractivity contribution is 7.99. The number of carbonyl (C=O) groups excluding carboxylic acids is 1. The summed E-state index contributed by atoms with van der Waals surface area (Å²) in [5.74, 6) is 0.160. The fraction of sp³-hybridized carbons (Fsp3) is 0.182. The molecule has 0 saturated carbocycles. The van der Waals surface area contributed by atoms with Crippen LogP contribution in [-0.4, -0.2) is 36.2 Å². The molecule has 2 aromatic heterocycles. The Hall–Kier alpha value is -3.39. The van der Waals surface area contributed by atoms with E-state index >= 15 is 0 Å². The predicted molar refractivity (Wildman–Crippen MR) is 118 cm³/mol. The number of hydrogen-bond donors (Lipinski definition) is 1. The second-order valence-corrected chi connectivity index (χ2v) is 7.93. The number of hydrogen-bond acceptors (Lipinski definition) is 5. The summed E-state index contributed by atoms with van der Waals surface area (Å²) in [6, 6.07) is 15.9. The summed E-state index contributed by atoms with van der Waals surface area (Å²) in [6.45, 7) is 4.85. The molecule has 1 amide bonds. The number of aromatic nitrogens is 5. The van der Waals surface area contributed by atoms with Crippen LogP contribution in [0.1, 0.15) is 16.7 Å². The van der Waals surface area contributed by atoms with Gasteiger partial charge in [-0.2, -0.15) is 5.10 Å². The zero-order valence-electron chi connectivity index (χ0n) is 16.8. The molecule has 4 aromatic rings. The summed E-state index contributed by atoms with van der Waals surface area (Å²) < 4.78 is 3.75. The van der Waals surface area contributed by atoms with Crippen LogP contribution < -0.4 is 5.32 Å². The lowest BCUT2D eigenvalue weighted by Gasteiger charge is -2.09. The van der Waals surface area contributed by atoms with Gasteiger partial charge in [-0.05, 0) is 60.9 Å². The molecule has 4 rings (SSSR count). The minimum atomic E-state index is -0.0885. The number of rotatable bonds is 7. The van der Waals surface area contributed by atoms with Crippen LogP contribution in [0.4, 0.5) is 5.69 Å². The molecule has 0 fully saturated rings. The van der Waals surface area contributed by atoms with Crippen LogP contribution in [0.3, 0.4) is 0 Å². The molecule has 30 heavy (non-hydrogen) atoms. The largest absolute Gasteiger partial charge is 0.325 e. The average molecular weight is 419 g/mol. The van der Waals surface area contributed by atoms with Crippen molar-refractivity contribution >= 4 is 23.4 Å². The topological polar surface area (TPSA) is 77.6 Å². The standard InChI is InChI=1S/C22H22N6OS/c1-16-4-9-20(12-17(16)2)28-15-23-26-22(28)30-14-21(29)25-19-7-5-18(6-8-19)13-27-11-3-10-24-27/h3-12,15H,13-14H2,1-2H3,(H,25,29). The number of thioether (sulfide) groups is 1. The van der Waals surface area contributed by atoms with E-state index in [9.17, 15) is 4.79 Å². The van der Waals surface area contributed by atoms with Gasteiger partial charge in [0.25, 0.3) is 0 Å². The fourth-order valence-electron chi connectivity index (χ4n) is 2.98. The van der Waals surface area contributed by atoms with Gasteiger partial charge >= 0.3 is 0 Å².